The first-order chi connectivity index (χ1) is 10.5. The Morgan fingerprint density at radius 1 is 1.45 bits per heavy atom. The molecule has 0 bridgehead atoms. The first-order valence-electron chi connectivity index (χ1n) is 7.80. The number of nitrogens with two attached hydrogens (primary N) is 1. The summed E-state index contributed by atoms with van der Waals surface area (Å²) in [7, 11) is 0. The monoisotopic (exact) mass is 306 g/mol. The molecule has 6 heteroatoms. The molecule has 1 aromatic rings. The van der Waals surface area contributed by atoms with E-state index in [1.54, 1.807) is 12.3 Å². The Labute approximate surface area is 129 Å². The minimum absolute atomic E-state index is 0.273. The molecule has 0 amide bonds. The van der Waals surface area contributed by atoms with Crippen molar-refractivity contribution in [3.05, 3.63) is 24.0 Å². The molecular weight excluding hydrogens is 284 g/mol. The van der Waals surface area contributed by atoms with Crippen LogP contribution in [0.4, 0.5) is 5.69 Å². The Morgan fingerprint density at radius 2 is 2.27 bits per heavy atom. The van der Waals surface area contributed by atoms with Crippen LogP contribution in [0.5, 0.6) is 0 Å². The van der Waals surface area contributed by atoms with Gasteiger partial charge in [0.25, 0.3) is 0 Å². The van der Waals surface area contributed by atoms with Gasteiger partial charge in [-0.25, -0.2) is 0 Å². The fourth-order valence-electron chi connectivity index (χ4n) is 4.07. The zero-order valence-corrected chi connectivity index (χ0v) is 12.4. The summed E-state index contributed by atoms with van der Waals surface area (Å²) >= 11 is 0. The van der Waals surface area contributed by atoms with Crippen LogP contribution in [0.1, 0.15) is 43.6 Å². The van der Waals surface area contributed by atoms with E-state index in [1.165, 1.54) is 6.20 Å². The zero-order chi connectivity index (χ0) is 15.7. The summed E-state index contributed by atoms with van der Waals surface area (Å²) < 4.78 is 5.72. The number of aromatic nitrogens is 1. The lowest BCUT2D eigenvalue weighted by atomic mass is 9.65. The molecule has 120 valence electrons. The summed E-state index contributed by atoms with van der Waals surface area (Å²) in [6.07, 6.45) is 6.52. The highest BCUT2D eigenvalue weighted by atomic mass is 16.5. The minimum atomic E-state index is -1.09. The number of anilines is 1. The van der Waals surface area contributed by atoms with E-state index < -0.39 is 23.4 Å². The molecule has 4 atom stereocenters. The lowest BCUT2D eigenvalue weighted by Gasteiger charge is -2.50. The van der Waals surface area contributed by atoms with Gasteiger partial charge in [-0.05, 0) is 30.9 Å². The highest BCUT2D eigenvalue weighted by Crippen LogP contribution is 2.47. The fraction of sp³-hybridized carbons (Fsp3) is 0.625. The molecule has 2 fully saturated rings. The third kappa shape index (κ3) is 2.46. The van der Waals surface area contributed by atoms with Gasteiger partial charge in [0, 0.05) is 18.7 Å². The van der Waals surface area contributed by atoms with Gasteiger partial charge in [0.1, 0.15) is 0 Å². The van der Waals surface area contributed by atoms with Gasteiger partial charge in [0.2, 0.25) is 0 Å². The topological polar surface area (TPSA) is 106 Å². The van der Waals surface area contributed by atoms with E-state index in [4.69, 9.17) is 10.5 Å². The average Bonchev–Trinajstić information content (AvgIpc) is 2.49. The number of carboxylic acids is 1. The average molecular weight is 306 g/mol. The standard InChI is InChI=1S/C16H22N2O4/c17-12-9-18-7-4-10(12)14(15(19)20)11-5-8-22-13-3-1-2-6-16(11,13)21/h4,7,9,11,13-14,21H,1-3,5-6,8,17H2,(H,19,20)/t11-,13-,14+,16-/m0/s1. The molecule has 22 heavy (non-hydrogen) atoms. The number of carboxylic acid groups (broad SMARTS) is 1. The number of aliphatic hydroxyl groups is 1. The molecule has 4 N–H and O–H groups in total. The third-order valence-electron chi connectivity index (χ3n) is 5.13. The number of carbonyl (C=O) groups is 1. The number of aliphatic carboxylic acids is 1. The fourth-order valence-corrected chi connectivity index (χ4v) is 4.07. The van der Waals surface area contributed by atoms with Gasteiger partial charge in [0.15, 0.2) is 0 Å². The molecular formula is C16H22N2O4. The van der Waals surface area contributed by atoms with Crippen molar-refractivity contribution in [2.45, 2.75) is 49.7 Å². The molecule has 0 unspecified atom stereocenters. The number of hydrogen-bond acceptors (Lipinski definition) is 5. The first kappa shape index (κ1) is 15.2. The number of fused-ring (bicyclic) bond motifs is 1. The molecule has 0 aromatic carbocycles. The Bertz CT molecular complexity index is 563. The summed E-state index contributed by atoms with van der Waals surface area (Å²) in [5.41, 5.74) is 5.74. The maximum absolute atomic E-state index is 11.9. The second-order valence-corrected chi connectivity index (χ2v) is 6.31. The minimum Gasteiger partial charge on any atom is -0.481 e. The Morgan fingerprint density at radius 3 is 3.00 bits per heavy atom. The Hall–Kier alpha value is -1.66. The predicted molar refractivity (Wildman–Crippen MR) is 80.3 cm³/mol. The molecule has 1 saturated heterocycles. The molecule has 1 saturated carbocycles. The highest BCUT2D eigenvalue weighted by molar-refractivity contribution is 5.79. The van der Waals surface area contributed by atoms with E-state index in [1.807, 2.05) is 0 Å². The third-order valence-corrected chi connectivity index (χ3v) is 5.13. The number of nitrogens with zero attached hydrogens (tertiary/aromatic N) is 1. The molecule has 1 aromatic heterocycles. The van der Waals surface area contributed by atoms with E-state index in [2.05, 4.69) is 4.98 Å². The number of hydrogen-bond donors (Lipinski definition) is 3. The Kier molecular flexibility index (Phi) is 4.06. The van der Waals surface area contributed by atoms with Crippen LogP contribution in [0.25, 0.3) is 0 Å². The zero-order valence-electron chi connectivity index (χ0n) is 12.4. The van der Waals surface area contributed by atoms with Gasteiger partial charge in [-0.2, -0.15) is 0 Å². The lowest BCUT2D eigenvalue weighted by Crippen LogP contribution is -2.57. The molecule has 2 aliphatic rings. The Balaban J connectivity index is 2.00. The van der Waals surface area contributed by atoms with Crippen LogP contribution in [0.15, 0.2) is 18.5 Å². The molecule has 3 rings (SSSR count). The highest BCUT2D eigenvalue weighted by Gasteiger charge is 2.53. The van der Waals surface area contributed by atoms with Gasteiger partial charge in [-0.3, -0.25) is 9.78 Å². The van der Waals surface area contributed by atoms with Crippen molar-refractivity contribution in [1.82, 2.24) is 4.98 Å². The van der Waals surface area contributed by atoms with Crippen LogP contribution in [-0.2, 0) is 9.53 Å². The second-order valence-electron chi connectivity index (χ2n) is 6.31. The maximum atomic E-state index is 11.9. The smallest absolute Gasteiger partial charge is 0.311 e. The van der Waals surface area contributed by atoms with E-state index in [9.17, 15) is 15.0 Å². The molecule has 0 spiro atoms. The molecule has 6 nitrogen and oxygen atoms in total. The number of ether oxygens (including phenoxy) is 1. The van der Waals surface area contributed by atoms with Crippen LogP contribution >= 0.6 is 0 Å². The van der Waals surface area contributed by atoms with Crippen molar-refractivity contribution >= 4 is 11.7 Å². The van der Waals surface area contributed by atoms with Gasteiger partial charge in [-0.1, -0.05) is 12.8 Å². The SMILES string of the molecule is Nc1cnccc1[C@@H](C(=O)O)[C@@H]1CCO[C@H]2CCCC[C@@]21O. The van der Waals surface area contributed by atoms with E-state index in [0.29, 0.717) is 30.7 Å². The number of rotatable bonds is 3. The summed E-state index contributed by atoms with van der Waals surface area (Å²) in [6.45, 7) is 0.479. The summed E-state index contributed by atoms with van der Waals surface area (Å²) in [4.78, 5) is 15.9. The van der Waals surface area contributed by atoms with Crippen LogP contribution in [0.3, 0.4) is 0 Å². The van der Waals surface area contributed by atoms with E-state index in [0.717, 1.165) is 19.3 Å². The lowest BCUT2D eigenvalue weighted by molar-refractivity contribution is -0.203. The second kappa shape index (κ2) is 5.85. The predicted octanol–water partition coefficient (Wildman–Crippen LogP) is 1.54. The van der Waals surface area contributed by atoms with Crippen LogP contribution in [-0.4, -0.2) is 39.5 Å². The normalized spacial score (nSPS) is 33.0. The van der Waals surface area contributed by atoms with Gasteiger partial charge >= 0.3 is 5.97 Å². The summed E-state index contributed by atoms with van der Waals surface area (Å²) in [6, 6.07) is 1.64. The molecule has 0 radical (unpaired) electrons. The van der Waals surface area contributed by atoms with Crippen molar-refractivity contribution in [1.29, 1.82) is 0 Å². The van der Waals surface area contributed by atoms with Gasteiger partial charge in [0.05, 0.1) is 29.5 Å². The maximum Gasteiger partial charge on any atom is 0.311 e. The molecule has 1 aliphatic heterocycles. The van der Waals surface area contributed by atoms with Crippen LogP contribution in [0, 0.1) is 5.92 Å². The molecule has 2 heterocycles. The van der Waals surface area contributed by atoms with E-state index in [-0.39, 0.29) is 6.10 Å². The number of pyridine rings is 1. The summed E-state index contributed by atoms with van der Waals surface area (Å²) in [5.74, 6) is -2.19. The van der Waals surface area contributed by atoms with Crippen LogP contribution in [0.2, 0.25) is 0 Å². The van der Waals surface area contributed by atoms with Gasteiger partial charge < -0.3 is 20.7 Å². The van der Waals surface area contributed by atoms with Crippen molar-refractivity contribution in [3.8, 4) is 0 Å². The summed E-state index contributed by atoms with van der Waals surface area (Å²) in [5, 5.41) is 21.0. The largest absolute Gasteiger partial charge is 0.481 e. The quantitative estimate of drug-likeness (QED) is 0.782. The number of nitrogen functional groups attached to an aromatic ring is 1. The van der Waals surface area contributed by atoms with Gasteiger partial charge in [-0.15, -0.1) is 0 Å². The molecule has 1 aliphatic carbocycles. The van der Waals surface area contributed by atoms with E-state index >= 15 is 0 Å². The van der Waals surface area contributed by atoms with Crippen molar-refractivity contribution in [2.75, 3.05) is 12.3 Å². The van der Waals surface area contributed by atoms with Crippen molar-refractivity contribution < 1.29 is 19.7 Å². The van der Waals surface area contributed by atoms with Crippen LogP contribution < -0.4 is 5.73 Å². The van der Waals surface area contributed by atoms with Crippen molar-refractivity contribution in [2.24, 2.45) is 5.92 Å². The first-order valence-corrected chi connectivity index (χ1v) is 7.80. The van der Waals surface area contributed by atoms with Crippen molar-refractivity contribution in [3.63, 3.8) is 0 Å².